The van der Waals surface area contributed by atoms with E-state index in [-0.39, 0.29) is 5.75 Å². The van der Waals surface area contributed by atoms with Crippen LogP contribution in [0.3, 0.4) is 0 Å². The third-order valence-electron chi connectivity index (χ3n) is 3.06. The maximum atomic E-state index is 9.46. The minimum atomic E-state index is 0.245. The predicted octanol–water partition coefficient (Wildman–Crippen LogP) is 3.76. The van der Waals surface area contributed by atoms with Gasteiger partial charge in [-0.3, -0.25) is 0 Å². The SMILES string of the molecule is Oc1ccc2c(c1)OC(=Cc1ccccc1)CC2. The van der Waals surface area contributed by atoms with Gasteiger partial charge in [-0.1, -0.05) is 36.4 Å². The van der Waals surface area contributed by atoms with Gasteiger partial charge in [0.15, 0.2) is 0 Å². The van der Waals surface area contributed by atoms with Crippen molar-refractivity contribution in [1.29, 1.82) is 0 Å². The predicted molar refractivity (Wildman–Crippen MR) is 71.5 cm³/mol. The molecule has 0 unspecified atom stereocenters. The zero-order valence-electron chi connectivity index (χ0n) is 9.97. The molecule has 0 bridgehead atoms. The molecular weight excluding hydrogens is 224 g/mol. The number of phenolic OH excluding ortho intramolecular Hbond substituents is 1. The number of hydrogen-bond acceptors (Lipinski definition) is 2. The van der Waals surface area contributed by atoms with Crippen molar-refractivity contribution >= 4 is 6.08 Å². The number of phenols is 1. The van der Waals surface area contributed by atoms with E-state index in [1.165, 1.54) is 0 Å². The molecule has 2 aromatic carbocycles. The molecule has 2 nitrogen and oxygen atoms in total. The van der Waals surface area contributed by atoms with E-state index in [2.05, 4.69) is 0 Å². The van der Waals surface area contributed by atoms with E-state index in [9.17, 15) is 5.11 Å². The molecule has 90 valence electrons. The molecular formula is C16H14O2. The van der Waals surface area contributed by atoms with Crippen LogP contribution in [0.15, 0.2) is 54.3 Å². The number of benzene rings is 2. The lowest BCUT2D eigenvalue weighted by molar-refractivity contribution is 0.378. The summed E-state index contributed by atoms with van der Waals surface area (Å²) in [6.45, 7) is 0. The molecule has 1 N–H and O–H groups in total. The van der Waals surface area contributed by atoms with E-state index >= 15 is 0 Å². The van der Waals surface area contributed by atoms with Crippen LogP contribution in [0.4, 0.5) is 0 Å². The van der Waals surface area contributed by atoms with E-state index in [0.29, 0.717) is 0 Å². The summed E-state index contributed by atoms with van der Waals surface area (Å²) >= 11 is 0. The van der Waals surface area contributed by atoms with Crippen molar-refractivity contribution in [2.75, 3.05) is 0 Å². The number of aryl methyl sites for hydroxylation is 1. The highest BCUT2D eigenvalue weighted by Crippen LogP contribution is 2.32. The van der Waals surface area contributed by atoms with E-state index in [1.807, 2.05) is 42.5 Å². The number of hydrogen-bond donors (Lipinski definition) is 1. The Kier molecular flexibility index (Phi) is 2.77. The van der Waals surface area contributed by atoms with Crippen LogP contribution in [0.2, 0.25) is 0 Å². The maximum Gasteiger partial charge on any atom is 0.133 e. The molecule has 18 heavy (non-hydrogen) atoms. The van der Waals surface area contributed by atoms with Crippen LogP contribution in [0.1, 0.15) is 17.5 Å². The molecule has 2 aromatic rings. The highest BCUT2D eigenvalue weighted by Gasteiger charge is 2.14. The van der Waals surface area contributed by atoms with Crippen LogP contribution < -0.4 is 4.74 Å². The van der Waals surface area contributed by atoms with Crippen LogP contribution in [0, 0.1) is 0 Å². The molecule has 0 saturated heterocycles. The van der Waals surface area contributed by atoms with Crippen LogP contribution >= 0.6 is 0 Å². The van der Waals surface area contributed by atoms with Crippen molar-refractivity contribution in [2.45, 2.75) is 12.8 Å². The Balaban J connectivity index is 1.89. The molecule has 0 aliphatic carbocycles. The number of aromatic hydroxyl groups is 1. The molecule has 2 heteroatoms. The van der Waals surface area contributed by atoms with E-state index in [1.54, 1.807) is 12.1 Å². The second kappa shape index (κ2) is 4.57. The molecule has 0 spiro atoms. The summed E-state index contributed by atoms with van der Waals surface area (Å²) in [4.78, 5) is 0. The van der Waals surface area contributed by atoms with Gasteiger partial charge >= 0.3 is 0 Å². The van der Waals surface area contributed by atoms with E-state index < -0.39 is 0 Å². The standard InChI is InChI=1S/C16H14O2/c17-14-8-6-13-7-9-15(18-16(13)11-14)10-12-4-2-1-3-5-12/h1-6,8,10-11,17H,7,9H2. The van der Waals surface area contributed by atoms with Gasteiger partial charge in [0.2, 0.25) is 0 Å². The van der Waals surface area contributed by atoms with Crippen molar-refractivity contribution < 1.29 is 9.84 Å². The van der Waals surface area contributed by atoms with Crippen molar-refractivity contribution in [3.05, 3.63) is 65.4 Å². The Morgan fingerprint density at radius 3 is 2.67 bits per heavy atom. The van der Waals surface area contributed by atoms with Crippen LogP contribution in [0.5, 0.6) is 11.5 Å². The smallest absolute Gasteiger partial charge is 0.133 e. The first-order chi connectivity index (χ1) is 8.81. The summed E-state index contributed by atoms with van der Waals surface area (Å²) in [5, 5.41) is 9.46. The first-order valence-electron chi connectivity index (χ1n) is 6.07. The molecule has 0 radical (unpaired) electrons. The van der Waals surface area contributed by atoms with Gasteiger partial charge in [-0.15, -0.1) is 0 Å². The number of ether oxygens (including phenoxy) is 1. The molecule has 1 heterocycles. The van der Waals surface area contributed by atoms with E-state index in [0.717, 1.165) is 35.5 Å². The van der Waals surface area contributed by atoms with Crippen LogP contribution in [-0.4, -0.2) is 5.11 Å². The quantitative estimate of drug-likeness (QED) is 0.819. The fourth-order valence-corrected chi connectivity index (χ4v) is 2.13. The van der Waals surface area contributed by atoms with Crippen molar-refractivity contribution in [3.63, 3.8) is 0 Å². The topological polar surface area (TPSA) is 29.5 Å². The van der Waals surface area contributed by atoms with Crippen LogP contribution in [-0.2, 0) is 6.42 Å². The number of rotatable bonds is 1. The molecule has 0 fully saturated rings. The van der Waals surface area contributed by atoms with Gasteiger partial charge in [0.05, 0.1) is 0 Å². The van der Waals surface area contributed by atoms with Gasteiger partial charge in [-0.2, -0.15) is 0 Å². The minimum Gasteiger partial charge on any atom is -0.508 e. The molecule has 0 saturated carbocycles. The summed E-state index contributed by atoms with van der Waals surface area (Å²) in [6.07, 6.45) is 3.90. The highest BCUT2D eigenvalue weighted by molar-refractivity contribution is 5.54. The molecule has 1 aliphatic heterocycles. The van der Waals surface area contributed by atoms with Crippen LogP contribution in [0.25, 0.3) is 6.08 Å². The molecule has 3 rings (SSSR count). The fourth-order valence-electron chi connectivity index (χ4n) is 2.13. The Labute approximate surface area is 106 Å². The lowest BCUT2D eigenvalue weighted by Gasteiger charge is -2.19. The summed E-state index contributed by atoms with van der Waals surface area (Å²) in [7, 11) is 0. The zero-order valence-corrected chi connectivity index (χ0v) is 9.97. The summed E-state index contributed by atoms with van der Waals surface area (Å²) < 4.78 is 5.82. The fraction of sp³-hybridized carbons (Fsp3) is 0.125. The molecule has 0 aromatic heterocycles. The largest absolute Gasteiger partial charge is 0.508 e. The van der Waals surface area contributed by atoms with Gasteiger partial charge in [-0.25, -0.2) is 0 Å². The van der Waals surface area contributed by atoms with Gasteiger partial charge in [0.25, 0.3) is 0 Å². The molecule has 0 atom stereocenters. The minimum absolute atomic E-state index is 0.245. The Bertz CT molecular complexity index is 585. The van der Waals surface area contributed by atoms with Crippen molar-refractivity contribution in [1.82, 2.24) is 0 Å². The Hall–Kier alpha value is -2.22. The first kappa shape index (κ1) is 10.9. The molecule has 1 aliphatic rings. The summed E-state index contributed by atoms with van der Waals surface area (Å²) in [5.41, 5.74) is 2.29. The number of allylic oxidation sites excluding steroid dienone is 1. The number of fused-ring (bicyclic) bond motifs is 1. The average molecular weight is 238 g/mol. The third-order valence-corrected chi connectivity index (χ3v) is 3.06. The lowest BCUT2D eigenvalue weighted by Crippen LogP contribution is -2.06. The summed E-state index contributed by atoms with van der Waals surface area (Å²) in [6, 6.07) is 15.4. The van der Waals surface area contributed by atoms with Gasteiger partial charge in [-0.05, 0) is 29.7 Å². The molecule has 0 amide bonds. The monoisotopic (exact) mass is 238 g/mol. The average Bonchev–Trinajstić information content (AvgIpc) is 2.39. The second-order valence-electron chi connectivity index (χ2n) is 4.42. The Morgan fingerprint density at radius 1 is 1.00 bits per heavy atom. The maximum absolute atomic E-state index is 9.46. The van der Waals surface area contributed by atoms with Gasteiger partial charge < -0.3 is 9.84 Å². The second-order valence-corrected chi connectivity index (χ2v) is 4.42. The highest BCUT2D eigenvalue weighted by atomic mass is 16.5. The Morgan fingerprint density at radius 2 is 1.83 bits per heavy atom. The normalized spacial score (nSPS) is 16.1. The van der Waals surface area contributed by atoms with E-state index in [4.69, 9.17) is 4.74 Å². The van der Waals surface area contributed by atoms with Gasteiger partial charge in [0.1, 0.15) is 17.3 Å². The zero-order chi connectivity index (χ0) is 12.4. The third kappa shape index (κ3) is 2.23. The van der Waals surface area contributed by atoms with Crippen molar-refractivity contribution in [2.24, 2.45) is 0 Å². The first-order valence-corrected chi connectivity index (χ1v) is 6.07. The lowest BCUT2D eigenvalue weighted by atomic mass is 10.0. The van der Waals surface area contributed by atoms with Gasteiger partial charge in [0, 0.05) is 12.5 Å². The summed E-state index contributed by atoms with van der Waals surface area (Å²) in [5.74, 6) is 1.96. The van der Waals surface area contributed by atoms with Crippen molar-refractivity contribution in [3.8, 4) is 11.5 Å².